The molecule has 1 aromatic carbocycles. The molecule has 0 saturated carbocycles. The zero-order chi connectivity index (χ0) is 16.1. The average molecular weight is 315 g/mol. The number of methoxy groups -OCH3 is 1. The first kappa shape index (κ1) is 15.4. The first-order chi connectivity index (χ1) is 11.3. The van der Waals surface area contributed by atoms with Crippen molar-refractivity contribution >= 4 is 5.91 Å². The molecule has 6 nitrogen and oxygen atoms in total. The number of hydrogen-bond acceptors (Lipinski definition) is 4. The van der Waals surface area contributed by atoms with Gasteiger partial charge in [-0.05, 0) is 25.0 Å². The van der Waals surface area contributed by atoms with Gasteiger partial charge in [0.2, 0.25) is 11.8 Å². The van der Waals surface area contributed by atoms with Gasteiger partial charge in [0, 0.05) is 31.1 Å². The van der Waals surface area contributed by atoms with Crippen molar-refractivity contribution in [3.63, 3.8) is 0 Å². The average Bonchev–Trinajstić information content (AvgIpc) is 3.21. The quantitative estimate of drug-likeness (QED) is 0.797. The molecule has 23 heavy (non-hydrogen) atoms. The lowest BCUT2D eigenvalue weighted by Crippen LogP contribution is -2.26. The highest BCUT2D eigenvalue weighted by Gasteiger charge is 2.19. The predicted molar refractivity (Wildman–Crippen MR) is 86.5 cm³/mol. The molecule has 0 unspecified atom stereocenters. The Bertz CT molecular complexity index is 669. The molecule has 2 heterocycles. The molecular formula is C17H21N3O3. The topological polar surface area (TPSA) is 67.5 Å². The molecule has 1 aliphatic rings. The number of carbonyl (C=O) groups excluding carboxylic acids is 1. The molecule has 1 N–H and O–H groups in total. The van der Waals surface area contributed by atoms with Gasteiger partial charge >= 0.3 is 0 Å². The summed E-state index contributed by atoms with van der Waals surface area (Å²) in [5.74, 6) is 1.59. The number of hydrogen-bond donors (Lipinski definition) is 1. The van der Waals surface area contributed by atoms with E-state index in [1.54, 1.807) is 7.11 Å². The highest BCUT2D eigenvalue weighted by atomic mass is 16.5. The first-order valence-electron chi connectivity index (χ1n) is 7.87. The van der Waals surface area contributed by atoms with Crippen LogP contribution in [0.1, 0.15) is 19.3 Å². The summed E-state index contributed by atoms with van der Waals surface area (Å²) < 4.78 is 11.0. The van der Waals surface area contributed by atoms with Crippen LogP contribution in [-0.4, -0.2) is 47.8 Å². The summed E-state index contributed by atoms with van der Waals surface area (Å²) in [6.07, 6.45) is 2.46. The molecule has 0 bridgehead atoms. The third-order valence-corrected chi connectivity index (χ3v) is 3.95. The summed E-state index contributed by atoms with van der Waals surface area (Å²) >= 11 is 0. The van der Waals surface area contributed by atoms with Gasteiger partial charge in [-0.2, -0.15) is 0 Å². The minimum absolute atomic E-state index is 0.253. The van der Waals surface area contributed by atoms with Crippen molar-refractivity contribution < 1.29 is 14.3 Å². The Morgan fingerprint density at radius 2 is 2.22 bits per heavy atom. The van der Waals surface area contributed by atoms with E-state index in [2.05, 4.69) is 10.2 Å². The van der Waals surface area contributed by atoms with Crippen LogP contribution in [0.5, 0.6) is 11.6 Å². The van der Waals surface area contributed by atoms with Gasteiger partial charge < -0.3 is 14.4 Å². The van der Waals surface area contributed by atoms with Crippen molar-refractivity contribution in [3.05, 3.63) is 30.3 Å². The van der Waals surface area contributed by atoms with Crippen LogP contribution in [0.2, 0.25) is 0 Å². The number of aromatic amines is 1. The fraction of sp³-hybridized carbons (Fsp3) is 0.412. The van der Waals surface area contributed by atoms with Crippen LogP contribution < -0.4 is 9.47 Å². The van der Waals surface area contributed by atoms with E-state index in [0.29, 0.717) is 18.9 Å². The fourth-order valence-electron chi connectivity index (χ4n) is 2.76. The van der Waals surface area contributed by atoms with Gasteiger partial charge in [0.15, 0.2) is 0 Å². The van der Waals surface area contributed by atoms with Crippen molar-refractivity contribution in [2.75, 3.05) is 26.8 Å². The summed E-state index contributed by atoms with van der Waals surface area (Å²) in [5, 5.41) is 7.14. The van der Waals surface area contributed by atoms with Crippen molar-refractivity contribution in [1.29, 1.82) is 0 Å². The zero-order valence-electron chi connectivity index (χ0n) is 13.2. The van der Waals surface area contributed by atoms with Crippen LogP contribution in [0, 0.1) is 0 Å². The largest absolute Gasteiger partial charge is 0.496 e. The summed E-state index contributed by atoms with van der Waals surface area (Å²) in [5.41, 5.74) is 1.80. The lowest BCUT2D eigenvalue weighted by molar-refractivity contribution is -0.127. The lowest BCUT2D eigenvalue weighted by atomic mass is 10.1. The Kier molecular flexibility index (Phi) is 4.80. The maximum atomic E-state index is 11.5. The van der Waals surface area contributed by atoms with E-state index in [9.17, 15) is 4.79 Å². The third kappa shape index (κ3) is 3.64. The van der Waals surface area contributed by atoms with Crippen molar-refractivity contribution in [3.8, 4) is 22.9 Å². The van der Waals surface area contributed by atoms with Crippen molar-refractivity contribution in [2.24, 2.45) is 0 Å². The second kappa shape index (κ2) is 7.17. The molecule has 3 rings (SSSR count). The van der Waals surface area contributed by atoms with Crippen LogP contribution >= 0.6 is 0 Å². The molecule has 0 radical (unpaired) electrons. The Labute approximate surface area is 135 Å². The van der Waals surface area contributed by atoms with E-state index in [-0.39, 0.29) is 5.91 Å². The summed E-state index contributed by atoms with van der Waals surface area (Å²) in [7, 11) is 1.65. The molecule has 0 spiro atoms. The Morgan fingerprint density at radius 1 is 1.35 bits per heavy atom. The molecule has 6 heteroatoms. The van der Waals surface area contributed by atoms with E-state index in [0.717, 1.165) is 42.9 Å². The zero-order valence-corrected chi connectivity index (χ0v) is 13.2. The fourth-order valence-corrected chi connectivity index (χ4v) is 2.76. The molecule has 1 aliphatic heterocycles. The normalized spacial score (nSPS) is 14.3. The molecule has 1 amide bonds. The van der Waals surface area contributed by atoms with E-state index >= 15 is 0 Å². The second-order valence-corrected chi connectivity index (χ2v) is 5.51. The number of rotatable bonds is 7. The van der Waals surface area contributed by atoms with Gasteiger partial charge in [-0.25, -0.2) is 0 Å². The Morgan fingerprint density at radius 3 is 3.00 bits per heavy atom. The number of ether oxygens (including phenoxy) is 2. The van der Waals surface area contributed by atoms with E-state index in [4.69, 9.17) is 9.47 Å². The van der Waals surface area contributed by atoms with Gasteiger partial charge in [0.05, 0.1) is 19.4 Å². The highest BCUT2D eigenvalue weighted by Crippen LogP contribution is 2.29. The van der Waals surface area contributed by atoms with E-state index < -0.39 is 0 Å². The predicted octanol–water partition coefficient (Wildman–Crippen LogP) is 2.48. The summed E-state index contributed by atoms with van der Waals surface area (Å²) in [6.45, 7) is 2.17. The number of amides is 1. The molecule has 0 aliphatic carbocycles. The standard InChI is InChI=1S/C17H21N3O3/c1-22-15-7-3-2-6-13(15)14-12-16(19-18-14)23-11-5-10-20-9-4-8-17(20)21/h2-3,6-7,12H,4-5,8-11H2,1H3,(H,18,19). The molecule has 122 valence electrons. The first-order valence-corrected chi connectivity index (χ1v) is 7.87. The second-order valence-electron chi connectivity index (χ2n) is 5.51. The number of aromatic nitrogens is 2. The third-order valence-electron chi connectivity index (χ3n) is 3.95. The highest BCUT2D eigenvalue weighted by molar-refractivity contribution is 5.78. The van der Waals surface area contributed by atoms with Crippen LogP contribution in [0.4, 0.5) is 0 Å². The molecule has 1 aromatic heterocycles. The molecule has 0 atom stereocenters. The van der Waals surface area contributed by atoms with E-state index in [1.807, 2.05) is 35.2 Å². The molecular weight excluding hydrogens is 294 g/mol. The van der Waals surface area contributed by atoms with Crippen molar-refractivity contribution in [1.82, 2.24) is 15.1 Å². The lowest BCUT2D eigenvalue weighted by Gasteiger charge is -2.14. The SMILES string of the molecule is COc1ccccc1-c1cc(OCCCN2CCCC2=O)n[nH]1. The number of likely N-dealkylation sites (tertiary alicyclic amines) is 1. The Balaban J connectivity index is 1.52. The Hall–Kier alpha value is -2.50. The maximum absolute atomic E-state index is 11.5. The molecule has 1 fully saturated rings. The van der Waals surface area contributed by atoms with Crippen LogP contribution in [0.15, 0.2) is 30.3 Å². The number of benzene rings is 1. The van der Waals surface area contributed by atoms with Gasteiger partial charge in [0.1, 0.15) is 5.75 Å². The monoisotopic (exact) mass is 315 g/mol. The van der Waals surface area contributed by atoms with Gasteiger partial charge in [-0.15, -0.1) is 5.10 Å². The number of para-hydroxylation sites is 1. The number of H-pyrrole nitrogens is 1. The minimum Gasteiger partial charge on any atom is -0.496 e. The number of nitrogens with zero attached hydrogens (tertiary/aromatic N) is 2. The molecule has 2 aromatic rings. The van der Waals surface area contributed by atoms with Crippen molar-refractivity contribution in [2.45, 2.75) is 19.3 Å². The van der Waals surface area contributed by atoms with Gasteiger partial charge in [0.25, 0.3) is 0 Å². The number of carbonyl (C=O) groups is 1. The number of nitrogens with one attached hydrogen (secondary N) is 1. The van der Waals surface area contributed by atoms with Crippen LogP contribution in [0.25, 0.3) is 11.3 Å². The van der Waals surface area contributed by atoms with E-state index in [1.165, 1.54) is 0 Å². The smallest absolute Gasteiger partial charge is 0.233 e. The van der Waals surface area contributed by atoms with Crippen LogP contribution in [-0.2, 0) is 4.79 Å². The van der Waals surface area contributed by atoms with Gasteiger partial charge in [-0.1, -0.05) is 12.1 Å². The van der Waals surface area contributed by atoms with Gasteiger partial charge in [-0.3, -0.25) is 9.89 Å². The minimum atomic E-state index is 0.253. The maximum Gasteiger partial charge on any atom is 0.233 e. The van der Waals surface area contributed by atoms with Crippen LogP contribution in [0.3, 0.4) is 0 Å². The summed E-state index contributed by atoms with van der Waals surface area (Å²) in [4.78, 5) is 13.4. The molecule has 1 saturated heterocycles. The summed E-state index contributed by atoms with van der Waals surface area (Å²) in [6, 6.07) is 9.61.